The monoisotopic (exact) mass is 383 g/mol. The van der Waals surface area contributed by atoms with Gasteiger partial charge in [0, 0.05) is 5.56 Å². The van der Waals surface area contributed by atoms with E-state index >= 15 is 0 Å². The Balaban J connectivity index is 1.58. The molecule has 1 saturated heterocycles. The Morgan fingerprint density at radius 3 is 2.64 bits per heavy atom. The lowest BCUT2D eigenvalue weighted by molar-refractivity contribution is 0.152. The van der Waals surface area contributed by atoms with Gasteiger partial charge in [0.05, 0.1) is 29.2 Å². The fourth-order valence-corrected chi connectivity index (χ4v) is 3.71. The number of halogens is 2. The molecule has 0 bridgehead atoms. The van der Waals surface area contributed by atoms with E-state index in [1.54, 1.807) is 17.9 Å². The van der Waals surface area contributed by atoms with E-state index in [-0.39, 0.29) is 17.3 Å². The summed E-state index contributed by atoms with van der Waals surface area (Å²) >= 11 is 0. The summed E-state index contributed by atoms with van der Waals surface area (Å²) in [7, 11) is 0. The number of imidazole rings is 1. The maximum absolute atomic E-state index is 13.6. The number of piperidine rings is 1. The highest BCUT2D eigenvalue weighted by molar-refractivity contribution is 5.80. The van der Waals surface area contributed by atoms with Crippen molar-refractivity contribution in [2.24, 2.45) is 0 Å². The molecule has 144 valence electrons. The summed E-state index contributed by atoms with van der Waals surface area (Å²) in [5, 5.41) is 17.0. The molecule has 9 heteroatoms. The average molecular weight is 383 g/mol. The van der Waals surface area contributed by atoms with Gasteiger partial charge in [0.1, 0.15) is 11.0 Å². The van der Waals surface area contributed by atoms with Crippen molar-refractivity contribution in [2.45, 2.75) is 32.2 Å². The van der Waals surface area contributed by atoms with Crippen LogP contribution >= 0.6 is 0 Å². The number of fused-ring (bicyclic) bond motifs is 2. The van der Waals surface area contributed by atoms with Crippen LogP contribution in [0.25, 0.3) is 27.9 Å². The Morgan fingerprint density at radius 1 is 1.07 bits per heavy atom. The lowest BCUT2D eigenvalue weighted by Gasteiger charge is -2.21. The molecule has 28 heavy (non-hydrogen) atoms. The first-order valence-electron chi connectivity index (χ1n) is 9.31. The van der Waals surface area contributed by atoms with Gasteiger partial charge in [-0.05, 0) is 51.1 Å². The van der Waals surface area contributed by atoms with Crippen molar-refractivity contribution in [3.05, 3.63) is 41.7 Å². The lowest BCUT2D eigenvalue weighted by Crippen LogP contribution is -2.30. The van der Waals surface area contributed by atoms with Crippen molar-refractivity contribution < 1.29 is 8.78 Å². The van der Waals surface area contributed by atoms with Gasteiger partial charge < -0.3 is 5.32 Å². The molecule has 0 saturated carbocycles. The lowest BCUT2D eigenvalue weighted by atomic mass is 10.1. The first-order chi connectivity index (χ1) is 13.6. The van der Waals surface area contributed by atoms with Crippen LogP contribution in [0.3, 0.4) is 0 Å². The topological polar surface area (TPSA) is 72.9 Å². The number of aryl methyl sites for hydroxylation is 1. The van der Waals surface area contributed by atoms with Crippen molar-refractivity contribution >= 4 is 16.7 Å². The molecule has 1 aromatic carbocycles. The number of rotatable bonds is 3. The van der Waals surface area contributed by atoms with Gasteiger partial charge in [0.25, 0.3) is 6.43 Å². The Kier molecular flexibility index (Phi) is 4.04. The van der Waals surface area contributed by atoms with Crippen LogP contribution < -0.4 is 5.32 Å². The van der Waals surface area contributed by atoms with E-state index in [0.717, 1.165) is 42.5 Å². The number of nitrogens with one attached hydrogen (secondary N) is 1. The molecule has 0 aliphatic carbocycles. The average Bonchev–Trinajstić information content (AvgIpc) is 3.29. The smallest absolute Gasteiger partial charge is 0.267 e. The molecule has 0 radical (unpaired) electrons. The van der Waals surface area contributed by atoms with Gasteiger partial charge in [0.2, 0.25) is 0 Å². The predicted molar refractivity (Wildman–Crippen MR) is 100 cm³/mol. The second kappa shape index (κ2) is 6.59. The van der Waals surface area contributed by atoms with Gasteiger partial charge in [-0.25, -0.2) is 18.3 Å². The van der Waals surface area contributed by atoms with E-state index in [0.29, 0.717) is 11.4 Å². The van der Waals surface area contributed by atoms with Crippen LogP contribution in [0.2, 0.25) is 0 Å². The van der Waals surface area contributed by atoms with E-state index in [4.69, 9.17) is 0 Å². The molecule has 4 heterocycles. The molecule has 1 aliphatic rings. The van der Waals surface area contributed by atoms with Gasteiger partial charge in [-0.2, -0.15) is 20.1 Å². The largest absolute Gasteiger partial charge is 0.317 e. The molecule has 1 fully saturated rings. The van der Waals surface area contributed by atoms with Gasteiger partial charge >= 0.3 is 0 Å². The number of alkyl halides is 2. The summed E-state index contributed by atoms with van der Waals surface area (Å²) in [6.45, 7) is 3.67. The molecule has 0 spiro atoms. The normalized spacial score (nSPS) is 15.9. The summed E-state index contributed by atoms with van der Waals surface area (Å²) < 4.78 is 28.5. The zero-order valence-corrected chi connectivity index (χ0v) is 15.3. The Hall–Kier alpha value is -2.94. The summed E-state index contributed by atoms with van der Waals surface area (Å²) in [5.74, 6) is 0. The van der Waals surface area contributed by atoms with Gasteiger partial charge in [-0.3, -0.25) is 0 Å². The van der Waals surface area contributed by atoms with Gasteiger partial charge in [-0.15, -0.1) is 0 Å². The van der Waals surface area contributed by atoms with Crippen LogP contribution in [0, 0.1) is 6.92 Å². The van der Waals surface area contributed by atoms with Crippen LogP contribution in [-0.2, 0) is 0 Å². The molecule has 5 rings (SSSR count). The quantitative estimate of drug-likeness (QED) is 0.588. The molecule has 0 unspecified atom stereocenters. The van der Waals surface area contributed by atoms with E-state index in [2.05, 4.69) is 25.6 Å². The number of hydrogen-bond donors (Lipinski definition) is 1. The van der Waals surface area contributed by atoms with Crippen molar-refractivity contribution in [3.8, 4) is 11.3 Å². The summed E-state index contributed by atoms with van der Waals surface area (Å²) in [6.07, 6.45) is 1.00. The Morgan fingerprint density at radius 2 is 1.86 bits per heavy atom. The maximum Gasteiger partial charge on any atom is 0.267 e. The third-order valence-corrected chi connectivity index (χ3v) is 5.14. The first kappa shape index (κ1) is 17.2. The molecular weight excluding hydrogens is 364 g/mol. The van der Waals surface area contributed by atoms with E-state index < -0.39 is 6.43 Å². The van der Waals surface area contributed by atoms with Crippen LogP contribution in [0.4, 0.5) is 8.78 Å². The molecule has 7 nitrogen and oxygen atoms in total. The third kappa shape index (κ3) is 2.91. The highest BCUT2D eigenvalue weighted by Gasteiger charge is 2.20. The number of hydrogen-bond acceptors (Lipinski definition) is 5. The minimum absolute atomic E-state index is 0.128. The predicted octanol–water partition coefficient (Wildman–Crippen LogP) is 3.31. The highest BCUT2D eigenvalue weighted by atomic mass is 19.3. The maximum atomic E-state index is 13.6. The minimum atomic E-state index is -2.63. The molecule has 1 aliphatic heterocycles. The van der Waals surface area contributed by atoms with Crippen molar-refractivity contribution in [1.82, 2.24) is 34.9 Å². The van der Waals surface area contributed by atoms with Crippen molar-refractivity contribution in [3.63, 3.8) is 0 Å². The van der Waals surface area contributed by atoms with Crippen LogP contribution in [0.5, 0.6) is 0 Å². The Bertz CT molecular complexity index is 1160. The number of nitrogens with zero attached hydrogens (tertiary/aromatic N) is 6. The third-order valence-electron chi connectivity index (χ3n) is 5.14. The standard InChI is InChI=1S/C19H19F2N7/c1-11-10-27-19(23-11)14(18(20)21)9-16(24-27)12-2-3-15-17(8-12)26-28(25-15)13-4-6-22-7-5-13/h2-3,8-10,13,18,22H,4-7H2,1H3. The molecule has 4 aromatic rings. The second-order valence-corrected chi connectivity index (χ2v) is 7.14. The Labute approximate surface area is 159 Å². The summed E-state index contributed by atoms with van der Waals surface area (Å²) in [6, 6.07) is 7.25. The summed E-state index contributed by atoms with van der Waals surface area (Å²) in [4.78, 5) is 5.95. The van der Waals surface area contributed by atoms with Gasteiger partial charge in [-0.1, -0.05) is 6.07 Å². The molecular formula is C19H19F2N7. The van der Waals surface area contributed by atoms with Crippen molar-refractivity contribution in [1.29, 1.82) is 0 Å². The van der Waals surface area contributed by atoms with E-state index in [1.165, 1.54) is 10.6 Å². The fourth-order valence-electron chi connectivity index (χ4n) is 3.71. The minimum Gasteiger partial charge on any atom is -0.317 e. The highest BCUT2D eigenvalue weighted by Crippen LogP contribution is 2.29. The summed E-state index contributed by atoms with van der Waals surface area (Å²) in [5.41, 5.74) is 3.41. The zero-order valence-electron chi connectivity index (χ0n) is 15.3. The SMILES string of the molecule is Cc1cn2nc(-c3ccc4nn(C5CCNCC5)nc4c3)cc(C(F)F)c2n1. The number of benzene rings is 1. The first-order valence-corrected chi connectivity index (χ1v) is 9.31. The second-order valence-electron chi connectivity index (χ2n) is 7.14. The molecule has 1 N–H and O–H groups in total. The number of aromatic nitrogens is 6. The molecule has 0 amide bonds. The fraction of sp³-hybridized carbons (Fsp3) is 0.368. The van der Waals surface area contributed by atoms with Crippen LogP contribution in [-0.4, -0.2) is 42.7 Å². The molecule has 3 aromatic heterocycles. The van der Waals surface area contributed by atoms with Crippen molar-refractivity contribution in [2.75, 3.05) is 13.1 Å². The molecule has 0 atom stereocenters. The van der Waals surface area contributed by atoms with E-state index in [1.807, 2.05) is 18.2 Å². The van der Waals surface area contributed by atoms with E-state index in [9.17, 15) is 8.78 Å². The van der Waals surface area contributed by atoms with Gasteiger partial charge in [0.15, 0.2) is 5.65 Å². The zero-order chi connectivity index (χ0) is 19.3. The van der Waals surface area contributed by atoms with Crippen LogP contribution in [0.15, 0.2) is 30.5 Å². The van der Waals surface area contributed by atoms with Crippen LogP contribution in [0.1, 0.15) is 36.6 Å².